The van der Waals surface area contributed by atoms with Crippen molar-refractivity contribution in [2.75, 3.05) is 0 Å². The van der Waals surface area contributed by atoms with Gasteiger partial charge in [-0.1, -0.05) is 115 Å². The van der Waals surface area contributed by atoms with Crippen molar-refractivity contribution in [2.24, 2.45) is 0 Å². The average Bonchev–Trinajstić information content (AvgIpc) is 3.59. The molecule has 2 heterocycles. The molecule has 0 spiro atoms. The van der Waals surface area contributed by atoms with Gasteiger partial charge >= 0.3 is 18.5 Å². The smallest absolute Gasteiger partial charge is 0.309 e. The first kappa shape index (κ1) is 39.2. The number of fused-ring (bicyclic) bond motifs is 3. The van der Waals surface area contributed by atoms with Gasteiger partial charge in [-0.3, -0.25) is 0 Å². The van der Waals surface area contributed by atoms with Gasteiger partial charge in [-0.15, -0.1) is 0 Å². The maximum atomic E-state index is 14.4. The van der Waals surface area contributed by atoms with Crippen LogP contribution in [0.2, 0.25) is 0 Å². The molecule has 0 N–H and O–H groups in total. The normalized spacial score (nSPS) is 12.3. The minimum atomic E-state index is -5.12. The van der Waals surface area contributed by atoms with Crippen LogP contribution < -0.4 is 0 Å². The molecule has 0 amide bonds. The van der Waals surface area contributed by atoms with Gasteiger partial charge in [0.25, 0.3) is 0 Å². The number of hydrogen-bond donors (Lipinski definition) is 0. The molecule has 0 saturated carbocycles. The maximum Gasteiger partial charge on any atom is 0.417 e. The maximum absolute atomic E-state index is 14.4. The van der Waals surface area contributed by atoms with Crippen molar-refractivity contribution >= 4 is 21.8 Å². The standard InChI is InChI=1S/C48H27F9N4/c49-46(50,51)32-15-9-14-30(24-32)35-23-20-34(27-39(35)45-59-43(28-10-3-1-4-11-28)58-44(60-45)29-12-5-2-6-13-29)61-41-17-8-7-16-37(41)38-21-18-31(25-42(38)61)36-22-19-33(47(52,53)54)26-40(36)48(55,56)57/h1-27H. The molecule has 0 unspecified atom stereocenters. The Balaban J connectivity index is 1.32. The molecule has 9 aromatic rings. The van der Waals surface area contributed by atoms with Crippen LogP contribution >= 0.6 is 0 Å². The summed E-state index contributed by atoms with van der Waals surface area (Å²) in [6, 6.07) is 41.3. The second-order valence-corrected chi connectivity index (χ2v) is 14.2. The van der Waals surface area contributed by atoms with E-state index in [0.717, 1.165) is 18.2 Å². The molecule has 7 aromatic carbocycles. The Labute approximate surface area is 341 Å². The van der Waals surface area contributed by atoms with Gasteiger partial charge in [-0.25, -0.2) is 15.0 Å². The predicted molar refractivity (Wildman–Crippen MR) is 216 cm³/mol. The number of aromatic nitrogens is 4. The highest BCUT2D eigenvalue weighted by molar-refractivity contribution is 6.10. The molecule has 0 fully saturated rings. The summed E-state index contributed by atoms with van der Waals surface area (Å²) < 4.78 is 128. The Bertz CT molecular complexity index is 3040. The lowest BCUT2D eigenvalue weighted by molar-refractivity contribution is -0.143. The van der Waals surface area contributed by atoms with Gasteiger partial charge in [0.2, 0.25) is 0 Å². The van der Waals surface area contributed by atoms with Crippen LogP contribution in [0, 0.1) is 0 Å². The highest BCUT2D eigenvalue weighted by atomic mass is 19.4. The first-order valence-corrected chi connectivity index (χ1v) is 18.6. The van der Waals surface area contributed by atoms with Crippen molar-refractivity contribution in [3.8, 4) is 62.1 Å². The number of nitrogens with zero attached hydrogens (tertiary/aromatic N) is 4. The molecule has 0 radical (unpaired) electrons. The first-order valence-electron chi connectivity index (χ1n) is 18.6. The second kappa shape index (κ2) is 14.8. The van der Waals surface area contributed by atoms with Crippen molar-refractivity contribution in [3.05, 3.63) is 180 Å². The molecule has 0 aliphatic heterocycles. The van der Waals surface area contributed by atoms with Crippen molar-refractivity contribution in [1.29, 1.82) is 0 Å². The van der Waals surface area contributed by atoms with Crippen LogP contribution in [-0.4, -0.2) is 19.5 Å². The van der Waals surface area contributed by atoms with Crippen LogP contribution in [0.4, 0.5) is 39.5 Å². The van der Waals surface area contributed by atoms with E-state index in [0.29, 0.717) is 67.5 Å². The Hall–Kier alpha value is -7.28. The Kier molecular flexibility index (Phi) is 9.49. The molecule has 4 nitrogen and oxygen atoms in total. The zero-order chi connectivity index (χ0) is 42.7. The summed E-state index contributed by atoms with van der Waals surface area (Å²) in [5.74, 6) is 0.717. The second-order valence-electron chi connectivity index (χ2n) is 14.2. The number of benzene rings is 7. The molecule has 0 aliphatic carbocycles. The van der Waals surface area contributed by atoms with Gasteiger partial charge in [-0.05, 0) is 70.8 Å². The first-order chi connectivity index (χ1) is 29.1. The van der Waals surface area contributed by atoms with E-state index in [1.165, 1.54) is 18.2 Å². The van der Waals surface area contributed by atoms with Gasteiger partial charge in [0.1, 0.15) is 0 Å². The lowest BCUT2D eigenvalue weighted by Gasteiger charge is -2.17. The van der Waals surface area contributed by atoms with E-state index in [1.54, 1.807) is 53.1 Å². The van der Waals surface area contributed by atoms with Crippen molar-refractivity contribution < 1.29 is 39.5 Å². The van der Waals surface area contributed by atoms with Crippen LogP contribution in [0.25, 0.3) is 83.9 Å². The SMILES string of the molecule is FC(F)(F)c1cccc(-c2ccc(-n3c4ccccc4c4ccc(-c5ccc(C(F)(F)F)cc5C(F)(F)F)cc43)cc2-c2nc(-c3ccccc3)nc(-c3ccccc3)n2)c1. The van der Waals surface area contributed by atoms with E-state index in [2.05, 4.69) is 0 Å². The van der Waals surface area contributed by atoms with Crippen LogP contribution in [0.1, 0.15) is 16.7 Å². The molecule has 61 heavy (non-hydrogen) atoms. The third-order valence-electron chi connectivity index (χ3n) is 10.3. The summed E-state index contributed by atoms with van der Waals surface area (Å²) in [5, 5.41) is 1.34. The van der Waals surface area contributed by atoms with E-state index < -0.39 is 40.8 Å². The van der Waals surface area contributed by atoms with Crippen LogP contribution in [-0.2, 0) is 18.5 Å². The summed E-state index contributed by atoms with van der Waals surface area (Å²) in [6.07, 6.45) is -14.8. The summed E-state index contributed by atoms with van der Waals surface area (Å²) in [5.41, 5.74) is -0.537. The third-order valence-corrected chi connectivity index (χ3v) is 10.3. The number of rotatable bonds is 6. The van der Waals surface area contributed by atoms with E-state index in [9.17, 15) is 39.5 Å². The van der Waals surface area contributed by atoms with Crippen molar-refractivity contribution in [3.63, 3.8) is 0 Å². The molecule has 2 aromatic heterocycles. The molecule has 0 saturated heterocycles. The van der Waals surface area contributed by atoms with E-state index in [4.69, 9.17) is 15.0 Å². The summed E-state index contributed by atoms with van der Waals surface area (Å²) in [7, 11) is 0. The van der Waals surface area contributed by atoms with Crippen LogP contribution in [0.5, 0.6) is 0 Å². The van der Waals surface area contributed by atoms with Gasteiger partial charge in [0.05, 0.1) is 27.7 Å². The number of alkyl halides is 9. The quantitative estimate of drug-likeness (QED) is 0.157. The fourth-order valence-corrected chi connectivity index (χ4v) is 7.52. The summed E-state index contributed by atoms with van der Waals surface area (Å²) in [6.45, 7) is 0. The highest BCUT2D eigenvalue weighted by Gasteiger charge is 2.38. The van der Waals surface area contributed by atoms with E-state index >= 15 is 0 Å². The minimum absolute atomic E-state index is 0.0101. The molecule has 0 atom stereocenters. The fourth-order valence-electron chi connectivity index (χ4n) is 7.52. The minimum Gasteiger partial charge on any atom is -0.309 e. The molecular formula is C48H27F9N4. The van der Waals surface area contributed by atoms with Crippen molar-refractivity contribution in [2.45, 2.75) is 18.5 Å². The topological polar surface area (TPSA) is 43.6 Å². The van der Waals surface area contributed by atoms with E-state index in [1.807, 2.05) is 66.7 Å². The number of halogens is 9. The Morgan fingerprint density at radius 3 is 1.52 bits per heavy atom. The Morgan fingerprint density at radius 2 is 0.885 bits per heavy atom. The molecular weight excluding hydrogens is 804 g/mol. The monoisotopic (exact) mass is 830 g/mol. The summed E-state index contributed by atoms with van der Waals surface area (Å²) in [4.78, 5) is 14.5. The largest absolute Gasteiger partial charge is 0.417 e. The van der Waals surface area contributed by atoms with Gasteiger partial charge < -0.3 is 4.57 Å². The molecule has 9 rings (SSSR count). The van der Waals surface area contributed by atoms with Gasteiger partial charge in [-0.2, -0.15) is 39.5 Å². The average molecular weight is 831 g/mol. The predicted octanol–water partition coefficient (Wildman–Crippen LogP) is 14.4. The molecule has 0 aliphatic rings. The zero-order valence-electron chi connectivity index (χ0n) is 31.3. The number of hydrogen-bond acceptors (Lipinski definition) is 3. The Morgan fingerprint density at radius 1 is 0.344 bits per heavy atom. The number of para-hydroxylation sites is 1. The molecule has 0 bridgehead atoms. The molecule has 13 heteroatoms. The van der Waals surface area contributed by atoms with Crippen LogP contribution in [0.3, 0.4) is 0 Å². The molecule has 302 valence electrons. The van der Waals surface area contributed by atoms with Crippen molar-refractivity contribution in [1.82, 2.24) is 19.5 Å². The fraction of sp³-hybridized carbons (Fsp3) is 0.0625. The highest BCUT2D eigenvalue weighted by Crippen LogP contribution is 2.44. The lowest BCUT2D eigenvalue weighted by atomic mass is 9.95. The van der Waals surface area contributed by atoms with Crippen LogP contribution in [0.15, 0.2) is 164 Å². The third kappa shape index (κ3) is 7.47. The lowest BCUT2D eigenvalue weighted by Crippen LogP contribution is -2.12. The van der Waals surface area contributed by atoms with E-state index in [-0.39, 0.29) is 23.0 Å². The van der Waals surface area contributed by atoms with Gasteiger partial charge in [0, 0.05) is 33.2 Å². The zero-order valence-corrected chi connectivity index (χ0v) is 31.3. The van der Waals surface area contributed by atoms with Gasteiger partial charge in [0.15, 0.2) is 17.5 Å². The summed E-state index contributed by atoms with van der Waals surface area (Å²) >= 11 is 0.